The fraction of sp³-hybridized carbons (Fsp3) is 0.692. The van der Waals surface area contributed by atoms with Crippen molar-refractivity contribution >= 4 is 21.6 Å². The van der Waals surface area contributed by atoms with Crippen molar-refractivity contribution in [3.63, 3.8) is 0 Å². The van der Waals surface area contributed by atoms with Gasteiger partial charge in [0.1, 0.15) is 4.47 Å². The smallest absolute Gasteiger partial charge is 0.283 e. The van der Waals surface area contributed by atoms with Gasteiger partial charge in [-0.1, -0.05) is 6.92 Å². The highest BCUT2D eigenvalue weighted by Crippen LogP contribution is 2.30. The number of methoxy groups -OCH3 is 1. The van der Waals surface area contributed by atoms with Crippen LogP contribution >= 0.6 is 15.9 Å². The summed E-state index contributed by atoms with van der Waals surface area (Å²) in [6, 6.07) is 0.182. The van der Waals surface area contributed by atoms with Gasteiger partial charge in [-0.15, -0.1) is 0 Å². The van der Waals surface area contributed by atoms with Crippen LogP contribution in [-0.2, 0) is 11.3 Å². The molecular weight excluding hydrogens is 310 g/mol. The Bertz CT molecular complexity index is 485. The van der Waals surface area contributed by atoms with Crippen LogP contribution in [0, 0.1) is 5.92 Å². The molecule has 5 nitrogen and oxygen atoms in total. The third kappa shape index (κ3) is 3.79. The molecule has 0 aromatic carbocycles. The highest BCUT2D eigenvalue weighted by Gasteiger charge is 2.23. The normalized spacial score (nSPS) is 16.4. The van der Waals surface area contributed by atoms with E-state index < -0.39 is 0 Å². The minimum Gasteiger partial charge on any atom is -0.383 e. The molecule has 0 saturated heterocycles. The van der Waals surface area contributed by atoms with Crippen LogP contribution in [0.5, 0.6) is 0 Å². The molecular formula is C13H20BrN3O2. The van der Waals surface area contributed by atoms with Crippen molar-refractivity contribution in [3.8, 4) is 0 Å². The van der Waals surface area contributed by atoms with E-state index in [1.54, 1.807) is 18.0 Å². The highest BCUT2D eigenvalue weighted by atomic mass is 79.9. The molecule has 1 unspecified atom stereocenters. The minimum absolute atomic E-state index is 0.0656. The number of anilines is 1. The fourth-order valence-electron chi connectivity index (χ4n) is 1.92. The molecule has 1 aliphatic rings. The third-order valence-electron chi connectivity index (χ3n) is 3.33. The first kappa shape index (κ1) is 14.5. The molecule has 106 valence electrons. The molecule has 1 N–H and O–H groups in total. The second-order valence-corrected chi connectivity index (χ2v) is 5.80. The quantitative estimate of drug-likeness (QED) is 0.833. The predicted octanol–water partition coefficient (Wildman–Crippen LogP) is 2.25. The van der Waals surface area contributed by atoms with Gasteiger partial charge >= 0.3 is 0 Å². The number of nitrogens with one attached hydrogen (secondary N) is 1. The van der Waals surface area contributed by atoms with Crippen LogP contribution < -0.4 is 10.9 Å². The number of hydrogen-bond donors (Lipinski definition) is 1. The maximum Gasteiger partial charge on any atom is 0.283 e. The summed E-state index contributed by atoms with van der Waals surface area (Å²) in [4.78, 5) is 12.2. The summed E-state index contributed by atoms with van der Waals surface area (Å²) in [6.07, 6.45) is 5.05. The summed E-state index contributed by atoms with van der Waals surface area (Å²) in [5.41, 5.74) is 0.671. The molecule has 2 rings (SSSR count). The summed E-state index contributed by atoms with van der Waals surface area (Å²) in [6.45, 7) is 3.41. The number of rotatable bonds is 7. The van der Waals surface area contributed by atoms with Crippen molar-refractivity contribution in [1.29, 1.82) is 0 Å². The number of aromatic nitrogens is 2. The molecule has 0 bridgehead atoms. The molecule has 1 heterocycles. The Labute approximate surface area is 121 Å². The molecule has 1 saturated carbocycles. The van der Waals surface area contributed by atoms with Crippen molar-refractivity contribution in [2.75, 3.05) is 19.0 Å². The molecule has 1 aromatic heterocycles. The van der Waals surface area contributed by atoms with Crippen molar-refractivity contribution < 1.29 is 4.74 Å². The monoisotopic (exact) mass is 329 g/mol. The van der Waals surface area contributed by atoms with Crippen LogP contribution in [0.3, 0.4) is 0 Å². The Morgan fingerprint density at radius 3 is 2.95 bits per heavy atom. The van der Waals surface area contributed by atoms with Crippen LogP contribution in [0.2, 0.25) is 0 Å². The second-order valence-electron chi connectivity index (χ2n) is 5.01. The van der Waals surface area contributed by atoms with E-state index in [4.69, 9.17) is 4.74 Å². The first-order chi connectivity index (χ1) is 9.15. The zero-order chi connectivity index (χ0) is 13.8. The molecule has 0 amide bonds. The lowest BCUT2D eigenvalue weighted by molar-refractivity contribution is 0.184. The average molecular weight is 330 g/mol. The van der Waals surface area contributed by atoms with Crippen molar-refractivity contribution in [2.24, 2.45) is 5.92 Å². The SMILES string of the molecule is CCC(COC)Nc1cnn(CC2CC2)c(=O)c1Br. The van der Waals surface area contributed by atoms with E-state index in [2.05, 4.69) is 33.3 Å². The van der Waals surface area contributed by atoms with Crippen molar-refractivity contribution in [2.45, 2.75) is 38.8 Å². The van der Waals surface area contributed by atoms with Crippen LogP contribution in [-0.4, -0.2) is 29.5 Å². The topological polar surface area (TPSA) is 56.1 Å². The van der Waals surface area contributed by atoms with Crippen LogP contribution in [0.25, 0.3) is 0 Å². The first-order valence-corrected chi connectivity index (χ1v) is 7.46. The number of hydrogen-bond acceptors (Lipinski definition) is 4. The number of ether oxygens (including phenoxy) is 1. The Hall–Kier alpha value is -0.880. The van der Waals surface area contributed by atoms with Gasteiger partial charge < -0.3 is 10.1 Å². The summed E-state index contributed by atoms with van der Waals surface area (Å²) < 4.78 is 7.24. The molecule has 19 heavy (non-hydrogen) atoms. The summed E-state index contributed by atoms with van der Waals surface area (Å²) in [5, 5.41) is 7.52. The zero-order valence-corrected chi connectivity index (χ0v) is 12.9. The van der Waals surface area contributed by atoms with Gasteiger partial charge in [0.2, 0.25) is 0 Å². The van der Waals surface area contributed by atoms with Crippen LogP contribution in [0.15, 0.2) is 15.5 Å². The molecule has 0 aliphatic heterocycles. The number of halogens is 1. The van der Waals surface area contributed by atoms with E-state index in [0.717, 1.165) is 18.7 Å². The predicted molar refractivity (Wildman–Crippen MR) is 78.5 cm³/mol. The van der Waals surface area contributed by atoms with Crippen LogP contribution in [0.4, 0.5) is 5.69 Å². The van der Waals surface area contributed by atoms with E-state index in [-0.39, 0.29) is 11.6 Å². The van der Waals surface area contributed by atoms with E-state index in [1.807, 2.05) is 0 Å². The van der Waals surface area contributed by atoms with Gasteiger partial charge in [0.15, 0.2) is 0 Å². The van der Waals surface area contributed by atoms with Gasteiger partial charge in [-0.25, -0.2) is 4.68 Å². The summed E-state index contributed by atoms with van der Waals surface area (Å²) in [5.74, 6) is 0.632. The standard InChI is InChI=1S/C13H20BrN3O2/c1-3-10(8-19-2)16-11-6-15-17(7-9-4-5-9)13(18)12(11)14/h6,9-10,16H,3-5,7-8H2,1-2H3. The maximum atomic E-state index is 12.2. The van der Waals surface area contributed by atoms with Crippen molar-refractivity contribution in [1.82, 2.24) is 9.78 Å². The summed E-state index contributed by atoms with van der Waals surface area (Å²) >= 11 is 3.37. The maximum absolute atomic E-state index is 12.2. The lowest BCUT2D eigenvalue weighted by Crippen LogP contribution is -2.29. The van der Waals surface area contributed by atoms with E-state index in [0.29, 0.717) is 17.0 Å². The van der Waals surface area contributed by atoms with E-state index in [1.165, 1.54) is 12.8 Å². The van der Waals surface area contributed by atoms with E-state index >= 15 is 0 Å². The molecule has 1 fully saturated rings. The average Bonchev–Trinajstić information content (AvgIpc) is 3.21. The van der Waals surface area contributed by atoms with Gasteiger partial charge in [-0.3, -0.25) is 4.79 Å². The largest absolute Gasteiger partial charge is 0.383 e. The Morgan fingerprint density at radius 2 is 2.37 bits per heavy atom. The molecule has 1 atom stereocenters. The third-order valence-corrected chi connectivity index (χ3v) is 4.10. The lowest BCUT2D eigenvalue weighted by atomic mass is 10.2. The first-order valence-electron chi connectivity index (χ1n) is 6.66. The fourth-order valence-corrected chi connectivity index (χ4v) is 2.34. The molecule has 1 aliphatic carbocycles. The Morgan fingerprint density at radius 1 is 1.63 bits per heavy atom. The van der Waals surface area contributed by atoms with Gasteiger partial charge in [0.05, 0.1) is 18.5 Å². The van der Waals surface area contributed by atoms with E-state index in [9.17, 15) is 4.79 Å². The highest BCUT2D eigenvalue weighted by molar-refractivity contribution is 9.10. The number of nitrogens with zero attached hydrogens (tertiary/aromatic N) is 2. The minimum atomic E-state index is -0.0656. The van der Waals surface area contributed by atoms with Crippen molar-refractivity contribution in [3.05, 3.63) is 21.0 Å². The van der Waals surface area contributed by atoms with Gasteiger partial charge in [-0.2, -0.15) is 5.10 Å². The zero-order valence-electron chi connectivity index (χ0n) is 11.4. The Kier molecular flexibility index (Phi) is 4.99. The Balaban J connectivity index is 2.12. The van der Waals surface area contributed by atoms with Gasteiger partial charge in [-0.05, 0) is 41.1 Å². The molecule has 0 radical (unpaired) electrons. The second kappa shape index (κ2) is 6.52. The molecule has 0 spiro atoms. The van der Waals surface area contributed by atoms with Gasteiger partial charge in [0, 0.05) is 19.7 Å². The molecule has 6 heteroatoms. The molecule has 1 aromatic rings. The van der Waals surface area contributed by atoms with Gasteiger partial charge in [0.25, 0.3) is 5.56 Å². The summed E-state index contributed by atoms with van der Waals surface area (Å²) in [7, 11) is 1.67. The lowest BCUT2D eigenvalue weighted by Gasteiger charge is -2.18. The van der Waals surface area contributed by atoms with Crippen LogP contribution in [0.1, 0.15) is 26.2 Å².